The molecule has 0 spiro atoms. The van der Waals surface area contributed by atoms with Crippen molar-refractivity contribution in [2.24, 2.45) is 11.1 Å². The number of aliphatic carboxylic acids is 1. The largest absolute Gasteiger partial charge is 0.480 e. The second-order valence-electron chi connectivity index (χ2n) is 7.65. The Bertz CT molecular complexity index is 603. The molecule has 0 radical (unpaired) electrons. The van der Waals surface area contributed by atoms with Crippen LogP contribution in [0.2, 0.25) is 0 Å². The smallest absolute Gasteiger partial charge is 0.416 e. The van der Waals surface area contributed by atoms with Crippen LogP contribution in [0.1, 0.15) is 47.2 Å². The first kappa shape index (κ1) is 19.9. The fourth-order valence-corrected chi connectivity index (χ4v) is 2.23. The maximum atomic E-state index is 12.7. The molecule has 0 saturated carbocycles. The summed E-state index contributed by atoms with van der Waals surface area (Å²) in [5.74, 6) is -0.928. The monoisotopic (exact) mass is 337 g/mol. The first-order valence-electron chi connectivity index (χ1n) is 7.78. The summed E-state index contributed by atoms with van der Waals surface area (Å²) >= 11 is 0. The standard InChI is InChI=1S/C17H27N3O4/c1-16(2,3)13(14(21)22)20(15(23)24-17(4,5)6)12-9-7-8-11(10-18)19-12/h7-9,13H,10,18H2,1-6H3,(H,21,22). The Morgan fingerprint density at radius 1 is 1.25 bits per heavy atom. The Labute approximate surface area is 142 Å². The van der Waals surface area contributed by atoms with Crippen LogP contribution in [0.15, 0.2) is 18.2 Å². The van der Waals surface area contributed by atoms with Crippen molar-refractivity contribution >= 4 is 17.9 Å². The van der Waals surface area contributed by atoms with Crippen LogP contribution in [-0.2, 0) is 16.1 Å². The number of carboxylic acids is 1. The average molecular weight is 337 g/mol. The van der Waals surface area contributed by atoms with Gasteiger partial charge in [0.2, 0.25) is 0 Å². The van der Waals surface area contributed by atoms with E-state index >= 15 is 0 Å². The van der Waals surface area contributed by atoms with Gasteiger partial charge >= 0.3 is 12.1 Å². The van der Waals surface area contributed by atoms with Gasteiger partial charge in [0.15, 0.2) is 0 Å². The Hall–Kier alpha value is -2.15. The average Bonchev–Trinajstić information content (AvgIpc) is 2.40. The van der Waals surface area contributed by atoms with Gasteiger partial charge in [-0.05, 0) is 38.3 Å². The van der Waals surface area contributed by atoms with Crippen molar-refractivity contribution in [1.29, 1.82) is 0 Å². The molecule has 0 aliphatic heterocycles. The molecule has 1 aromatic rings. The number of aromatic nitrogens is 1. The van der Waals surface area contributed by atoms with Crippen LogP contribution in [0.25, 0.3) is 0 Å². The molecule has 1 aromatic heterocycles. The lowest BCUT2D eigenvalue weighted by Gasteiger charge is -2.37. The number of nitrogens with two attached hydrogens (primary N) is 1. The van der Waals surface area contributed by atoms with E-state index in [0.717, 1.165) is 4.90 Å². The lowest BCUT2D eigenvalue weighted by Crippen LogP contribution is -2.54. The van der Waals surface area contributed by atoms with E-state index in [4.69, 9.17) is 10.5 Å². The molecule has 1 rings (SSSR count). The van der Waals surface area contributed by atoms with Crippen molar-refractivity contribution in [2.45, 2.75) is 59.7 Å². The van der Waals surface area contributed by atoms with Crippen LogP contribution >= 0.6 is 0 Å². The Kier molecular flexibility index (Phi) is 5.94. The molecule has 0 saturated heterocycles. The molecule has 0 aliphatic carbocycles. The van der Waals surface area contributed by atoms with Crippen molar-refractivity contribution in [2.75, 3.05) is 4.90 Å². The van der Waals surface area contributed by atoms with Gasteiger partial charge in [-0.25, -0.2) is 19.5 Å². The maximum absolute atomic E-state index is 12.7. The summed E-state index contributed by atoms with van der Waals surface area (Å²) < 4.78 is 5.41. The molecule has 1 atom stereocenters. The summed E-state index contributed by atoms with van der Waals surface area (Å²) in [6, 6.07) is 3.82. The molecule has 3 N–H and O–H groups in total. The van der Waals surface area contributed by atoms with Gasteiger partial charge in [0.05, 0.1) is 5.69 Å². The van der Waals surface area contributed by atoms with E-state index in [2.05, 4.69) is 4.98 Å². The van der Waals surface area contributed by atoms with Crippen LogP contribution < -0.4 is 10.6 Å². The van der Waals surface area contributed by atoms with Crippen LogP contribution in [0.5, 0.6) is 0 Å². The Morgan fingerprint density at radius 2 is 1.83 bits per heavy atom. The van der Waals surface area contributed by atoms with Gasteiger partial charge < -0.3 is 15.6 Å². The van der Waals surface area contributed by atoms with E-state index in [1.165, 1.54) is 0 Å². The van der Waals surface area contributed by atoms with Crippen LogP contribution in [0, 0.1) is 5.41 Å². The zero-order valence-corrected chi connectivity index (χ0v) is 15.2. The minimum Gasteiger partial charge on any atom is -0.480 e. The van der Waals surface area contributed by atoms with Crippen molar-refractivity contribution in [3.8, 4) is 0 Å². The van der Waals surface area contributed by atoms with Gasteiger partial charge in [0, 0.05) is 6.54 Å². The lowest BCUT2D eigenvalue weighted by atomic mass is 9.85. The molecule has 0 aliphatic rings. The number of nitrogens with zero attached hydrogens (tertiary/aromatic N) is 2. The number of hydrogen-bond acceptors (Lipinski definition) is 5. The quantitative estimate of drug-likeness (QED) is 0.875. The predicted molar refractivity (Wildman–Crippen MR) is 91.7 cm³/mol. The number of carboxylic acid groups (broad SMARTS) is 1. The minimum atomic E-state index is -1.15. The third kappa shape index (κ3) is 5.19. The first-order chi connectivity index (χ1) is 10.9. The number of amides is 1. The van der Waals surface area contributed by atoms with Crippen LogP contribution in [0.4, 0.5) is 10.6 Å². The van der Waals surface area contributed by atoms with Crippen molar-refractivity contribution < 1.29 is 19.4 Å². The second kappa shape index (κ2) is 7.17. The number of ether oxygens (including phenoxy) is 1. The van der Waals surface area contributed by atoms with Crippen LogP contribution in [0.3, 0.4) is 0 Å². The third-order valence-electron chi connectivity index (χ3n) is 3.15. The zero-order chi connectivity index (χ0) is 18.7. The summed E-state index contributed by atoms with van der Waals surface area (Å²) in [5.41, 5.74) is 4.66. The molecule has 24 heavy (non-hydrogen) atoms. The molecule has 1 heterocycles. The number of carbonyl (C=O) groups is 2. The summed E-state index contributed by atoms with van der Waals surface area (Å²) in [6.45, 7) is 10.6. The summed E-state index contributed by atoms with van der Waals surface area (Å²) in [7, 11) is 0. The van der Waals surface area contributed by atoms with E-state index in [9.17, 15) is 14.7 Å². The fraction of sp³-hybridized carbons (Fsp3) is 0.588. The Morgan fingerprint density at radius 3 is 2.25 bits per heavy atom. The maximum Gasteiger partial charge on any atom is 0.416 e. The van der Waals surface area contributed by atoms with Gasteiger partial charge in [-0.1, -0.05) is 26.8 Å². The van der Waals surface area contributed by atoms with Gasteiger partial charge in [-0.3, -0.25) is 0 Å². The number of anilines is 1. The zero-order valence-electron chi connectivity index (χ0n) is 15.2. The number of rotatable bonds is 4. The van der Waals surface area contributed by atoms with Crippen molar-refractivity contribution in [3.05, 3.63) is 23.9 Å². The molecular weight excluding hydrogens is 310 g/mol. The van der Waals surface area contributed by atoms with E-state index in [-0.39, 0.29) is 12.4 Å². The van der Waals surface area contributed by atoms with Gasteiger partial charge in [0.1, 0.15) is 17.5 Å². The summed E-state index contributed by atoms with van der Waals surface area (Å²) in [5, 5.41) is 9.71. The molecule has 7 heteroatoms. The molecular formula is C17H27N3O4. The molecule has 1 amide bonds. The summed E-state index contributed by atoms with van der Waals surface area (Å²) in [4.78, 5) is 30.0. The number of carbonyl (C=O) groups excluding carboxylic acids is 1. The fourth-order valence-electron chi connectivity index (χ4n) is 2.23. The van der Waals surface area contributed by atoms with Gasteiger partial charge in [-0.15, -0.1) is 0 Å². The predicted octanol–water partition coefficient (Wildman–Crippen LogP) is 2.78. The highest BCUT2D eigenvalue weighted by molar-refractivity contribution is 5.95. The van der Waals surface area contributed by atoms with E-state index < -0.39 is 29.1 Å². The minimum absolute atomic E-state index is 0.184. The third-order valence-corrected chi connectivity index (χ3v) is 3.15. The second-order valence-corrected chi connectivity index (χ2v) is 7.65. The van der Waals surface area contributed by atoms with Crippen molar-refractivity contribution in [3.63, 3.8) is 0 Å². The topological polar surface area (TPSA) is 106 Å². The summed E-state index contributed by atoms with van der Waals surface area (Å²) in [6.07, 6.45) is -0.758. The molecule has 1 unspecified atom stereocenters. The SMILES string of the molecule is CC(C)(C)OC(=O)N(c1cccc(CN)n1)C(C(=O)O)C(C)(C)C. The first-order valence-corrected chi connectivity index (χ1v) is 7.78. The van der Waals surface area contributed by atoms with Crippen molar-refractivity contribution in [1.82, 2.24) is 4.98 Å². The van der Waals surface area contributed by atoms with Gasteiger partial charge in [0.25, 0.3) is 0 Å². The molecule has 0 aromatic carbocycles. The molecule has 134 valence electrons. The van der Waals surface area contributed by atoms with Crippen LogP contribution in [-0.4, -0.2) is 33.8 Å². The van der Waals surface area contributed by atoms with Gasteiger partial charge in [-0.2, -0.15) is 0 Å². The lowest BCUT2D eigenvalue weighted by molar-refractivity contribution is -0.141. The Balaban J connectivity index is 3.44. The molecule has 0 bridgehead atoms. The van der Waals surface area contributed by atoms with E-state index in [0.29, 0.717) is 5.69 Å². The molecule has 0 fully saturated rings. The van der Waals surface area contributed by atoms with E-state index in [1.54, 1.807) is 59.7 Å². The van der Waals surface area contributed by atoms with E-state index in [1.807, 2.05) is 0 Å². The normalized spacial score (nSPS) is 13.3. The number of hydrogen-bond donors (Lipinski definition) is 2. The highest BCUT2D eigenvalue weighted by Gasteiger charge is 2.42. The highest BCUT2D eigenvalue weighted by Crippen LogP contribution is 2.30. The highest BCUT2D eigenvalue weighted by atomic mass is 16.6. The number of pyridine rings is 1. The molecule has 7 nitrogen and oxygen atoms in total.